The number of hydrogen-bond donors (Lipinski definition) is 0. The fourth-order valence-electron chi connectivity index (χ4n) is 3.34. The van der Waals surface area contributed by atoms with E-state index >= 15 is 0 Å². The number of rotatable bonds is 6. The van der Waals surface area contributed by atoms with Crippen LogP contribution >= 0.6 is 0 Å². The molecule has 0 spiro atoms. The van der Waals surface area contributed by atoms with Gasteiger partial charge in [-0.15, -0.1) is 0 Å². The molecular formula is C28H20K2O6. The summed E-state index contributed by atoms with van der Waals surface area (Å²) in [6.07, 6.45) is 3.01. The van der Waals surface area contributed by atoms with Crippen molar-refractivity contribution in [2.24, 2.45) is 0 Å². The van der Waals surface area contributed by atoms with E-state index in [-0.39, 0.29) is 126 Å². The van der Waals surface area contributed by atoms with Crippen LogP contribution in [0.5, 0.6) is 11.5 Å². The molecule has 5 aromatic rings. The van der Waals surface area contributed by atoms with Crippen molar-refractivity contribution in [2.75, 3.05) is 0 Å². The first-order valence-electron chi connectivity index (χ1n) is 10.5. The zero-order valence-electron chi connectivity index (χ0n) is 17.8. The van der Waals surface area contributed by atoms with Crippen molar-refractivity contribution in [3.63, 3.8) is 0 Å². The second kappa shape index (κ2) is 13.8. The van der Waals surface area contributed by atoms with Crippen molar-refractivity contribution >= 4 is 115 Å². The second-order valence-electron chi connectivity index (χ2n) is 7.38. The molecule has 0 aliphatic rings. The molecule has 0 unspecified atom stereocenters. The van der Waals surface area contributed by atoms with Gasteiger partial charge in [-0.05, 0) is 47.5 Å². The summed E-state index contributed by atoms with van der Waals surface area (Å²) in [5, 5.41) is 0. The van der Waals surface area contributed by atoms with Gasteiger partial charge in [0.2, 0.25) is 11.5 Å². The summed E-state index contributed by atoms with van der Waals surface area (Å²) in [5.74, 6) is -0.520. The van der Waals surface area contributed by atoms with E-state index in [0.29, 0.717) is 0 Å². The second-order valence-corrected chi connectivity index (χ2v) is 7.38. The van der Waals surface area contributed by atoms with E-state index < -0.39 is 11.9 Å². The topological polar surface area (TPSA) is 78.9 Å². The minimum absolute atomic E-state index is 0. The molecule has 0 bridgehead atoms. The van der Waals surface area contributed by atoms with Crippen molar-refractivity contribution < 1.29 is 27.9 Å². The molecule has 0 saturated heterocycles. The van der Waals surface area contributed by atoms with Crippen LogP contribution in [0.15, 0.2) is 118 Å². The van der Waals surface area contributed by atoms with Gasteiger partial charge in [-0.25, -0.2) is 9.59 Å². The van der Waals surface area contributed by atoms with Gasteiger partial charge < -0.3 is 18.3 Å². The molecule has 0 fully saturated rings. The molecule has 6 nitrogen and oxygen atoms in total. The van der Waals surface area contributed by atoms with E-state index in [1.807, 2.05) is 60.7 Å². The molecule has 0 amide bonds. The molecule has 0 aliphatic carbocycles. The molecule has 0 atom stereocenters. The van der Waals surface area contributed by atoms with Crippen LogP contribution in [0.2, 0.25) is 0 Å². The van der Waals surface area contributed by atoms with Crippen molar-refractivity contribution in [3.05, 3.63) is 121 Å². The molecule has 2 heterocycles. The van der Waals surface area contributed by atoms with Crippen molar-refractivity contribution in [2.45, 2.75) is 0 Å². The monoisotopic (exact) mass is 530 g/mol. The summed E-state index contributed by atoms with van der Waals surface area (Å²) in [6, 6.07) is 28.5. The first-order valence-corrected chi connectivity index (χ1v) is 10.5. The molecule has 3 aromatic carbocycles. The van der Waals surface area contributed by atoms with Gasteiger partial charge >= 0.3 is 115 Å². The molecule has 0 saturated carbocycles. The van der Waals surface area contributed by atoms with Crippen LogP contribution in [0, 0.1) is 0 Å². The van der Waals surface area contributed by atoms with Crippen LogP contribution in [0.3, 0.4) is 0 Å². The predicted octanol–water partition coefficient (Wildman–Crippen LogP) is 5.35. The van der Waals surface area contributed by atoms with E-state index in [0.717, 1.165) is 22.3 Å². The number of carbonyl (C=O) groups excluding carboxylic acids is 2. The first-order chi connectivity index (χ1) is 16.7. The van der Waals surface area contributed by atoms with Crippen molar-refractivity contribution in [1.82, 2.24) is 0 Å². The van der Waals surface area contributed by atoms with Crippen LogP contribution < -0.4 is 9.47 Å². The van der Waals surface area contributed by atoms with Gasteiger partial charge in [-0.2, -0.15) is 0 Å². The van der Waals surface area contributed by atoms with Crippen LogP contribution in [-0.4, -0.2) is 115 Å². The van der Waals surface area contributed by atoms with E-state index in [4.69, 9.17) is 18.3 Å². The van der Waals surface area contributed by atoms with Crippen LogP contribution in [0.25, 0.3) is 22.3 Å². The Labute approximate surface area is 292 Å². The Hall–Kier alpha value is -1.57. The van der Waals surface area contributed by atoms with Gasteiger partial charge in [-0.1, -0.05) is 60.7 Å². The average molecular weight is 531 g/mol. The number of esters is 2. The summed E-state index contributed by atoms with van der Waals surface area (Å²) < 4.78 is 21.4. The Morgan fingerprint density at radius 1 is 0.500 bits per heavy atom. The van der Waals surface area contributed by atoms with Crippen molar-refractivity contribution in [1.29, 1.82) is 0 Å². The molecule has 5 rings (SSSR count). The number of furan rings is 2. The van der Waals surface area contributed by atoms with E-state index in [2.05, 4.69) is 0 Å². The normalized spacial score (nSPS) is 10.0. The zero-order chi connectivity index (χ0) is 23.3. The van der Waals surface area contributed by atoms with E-state index in [1.165, 1.54) is 36.8 Å². The van der Waals surface area contributed by atoms with Crippen molar-refractivity contribution in [3.8, 4) is 33.8 Å². The maximum absolute atomic E-state index is 12.4. The molecule has 36 heavy (non-hydrogen) atoms. The average Bonchev–Trinajstić information content (AvgIpc) is 3.57. The third kappa shape index (κ3) is 7.26. The standard InChI is InChI=1S/C28H18O6.2K.2H/c29-27(25-15-21(17-31-25)19-7-3-1-4-8-19)33-23-11-13-24(14-12-23)34-28(30)26-16-22(18-32-26)20-9-5-2-6-10-20;;;;/h1-18H;;;;. The fraction of sp³-hybridized carbons (Fsp3) is 0. The number of carbonyl (C=O) groups is 2. The van der Waals surface area contributed by atoms with Gasteiger partial charge in [0, 0.05) is 11.1 Å². The Morgan fingerprint density at radius 3 is 1.22 bits per heavy atom. The molecule has 0 N–H and O–H groups in total. The summed E-state index contributed by atoms with van der Waals surface area (Å²) >= 11 is 0. The molecule has 8 heteroatoms. The fourth-order valence-corrected chi connectivity index (χ4v) is 3.34. The van der Waals surface area contributed by atoms with Crippen LogP contribution in [-0.2, 0) is 0 Å². The Morgan fingerprint density at radius 2 is 0.861 bits per heavy atom. The quantitative estimate of drug-likeness (QED) is 0.167. The number of benzene rings is 3. The third-order valence-corrected chi connectivity index (χ3v) is 5.06. The zero-order valence-corrected chi connectivity index (χ0v) is 17.8. The van der Waals surface area contributed by atoms with Gasteiger partial charge in [0.15, 0.2) is 0 Å². The summed E-state index contributed by atoms with van der Waals surface area (Å²) in [4.78, 5) is 24.8. The molecule has 0 aliphatic heterocycles. The molecule has 2 aromatic heterocycles. The third-order valence-electron chi connectivity index (χ3n) is 5.06. The SMILES string of the molecule is O=C(Oc1ccc(OC(=O)c2cc(-c3ccccc3)co2)cc1)c1cc(-c2ccccc2)co1.[KH].[KH]. The first kappa shape index (κ1) is 29.0. The van der Waals surface area contributed by atoms with E-state index in [9.17, 15) is 9.59 Å². The predicted molar refractivity (Wildman–Crippen MR) is 139 cm³/mol. The van der Waals surface area contributed by atoms with Gasteiger partial charge in [-0.3, -0.25) is 0 Å². The van der Waals surface area contributed by atoms with Gasteiger partial charge in [0.1, 0.15) is 11.5 Å². The van der Waals surface area contributed by atoms with Crippen LogP contribution in [0.4, 0.5) is 0 Å². The summed E-state index contributed by atoms with van der Waals surface area (Å²) in [6.45, 7) is 0. The Bertz CT molecular complexity index is 1310. The van der Waals surface area contributed by atoms with Gasteiger partial charge in [0.25, 0.3) is 0 Å². The summed E-state index contributed by atoms with van der Waals surface area (Å²) in [7, 11) is 0. The molecular weight excluding hydrogens is 510 g/mol. The van der Waals surface area contributed by atoms with E-state index in [1.54, 1.807) is 12.1 Å². The maximum atomic E-state index is 12.4. The summed E-state index contributed by atoms with van der Waals surface area (Å²) in [5.41, 5.74) is 3.43. The number of hydrogen-bond acceptors (Lipinski definition) is 6. The minimum atomic E-state index is -0.629. The van der Waals surface area contributed by atoms with Gasteiger partial charge in [0.05, 0.1) is 12.5 Å². The number of ether oxygens (including phenoxy) is 2. The Balaban J connectivity index is 0.00000180. The molecule has 0 radical (unpaired) electrons. The molecule has 170 valence electrons. The van der Waals surface area contributed by atoms with Crippen LogP contribution in [0.1, 0.15) is 21.1 Å². The Kier molecular flexibility index (Phi) is 11.1.